The molecule has 0 saturated heterocycles. The second-order valence-electron chi connectivity index (χ2n) is 4.65. The van der Waals surface area contributed by atoms with Crippen LogP contribution in [0, 0.1) is 5.82 Å². The van der Waals surface area contributed by atoms with E-state index in [1.807, 2.05) is 13.0 Å². The Bertz CT molecular complexity index is 572. The molecule has 0 aliphatic heterocycles. The summed E-state index contributed by atoms with van der Waals surface area (Å²) in [5.74, 6) is -0.441. The van der Waals surface area contributed by atoms with Crippen LogP contribution in [0.4, 0.5) is 4.39 Å². The number of nitrogens with one attached hydrogen (secondary N) is 1. The minimum atomic E-state index is -0.441. The zero-order valence-electron chi connectivity index (χ0n) is 11.3. The monoisotopic (exact) mass is 331 g/mol. The Morgan fingerprint density at radius 3 is 2.65 bits per heavy atom. The van der Waals surface area contributed by atoms with E-state index in [-0.39, 0.29) is 17.1 Å². The standard InChI is InChI=1S/C15H16Cl2FNS/c1-3-14(15-5-4-6-20-15)19-9(2)10-7-13(18)12(17)8-11(10)16/h4-9,14,19H,3H2,1-2H3. The Labute approximate surface area is 132 Å². The van der Waals surface area contributed by atoms with Gasteiger partial charge >= 0.3 is 0 Å². The van der Waals surface area contributed by atoms with Crippen molar-refractivity contribution in [2.24, 2.45) is 0 Å². The molecule has 0 bridgehead atoms. The predicted octanol–water partition coefficient (Wildman–Crippen LogP) is 6.00. The second-order valence-corrected chi connectivity index (χ2v) is 6.45. The van der Waals surface area contributed by atoms with Crippen LogP contribution in [0.1, 0.15) is 42.8 Å². The van der Waals surface area contributed by atoms with E-state index >= 15 is 0 Å². The van der Waals surface area contributed by atoms with Crippen LogP contribution in [-0.4, -0.2) is 0 Å². The highest BCUT2D eigenvalue weighted by molar-refractivity contribution is 7.10. The number of hydrogen-bond acceptors (Lipinski definition) is 2. The smallest absolute Gasteiger partial charge is 0.142 e. The molecule has 0 fully saturated rings. The summed E-state index contributed by atoms with van der Waals surface area (Å²) in [6.07, 6.45) is 0.957. The molecule has 1 heterocycles. The molecule has 0 aliphatic carbocycles. The van der Waals surface area contributed by atoms with Crippen LogP contribution in [0.25, 0.3) is 0 Å². The Kier molecular flexibility index (Phi) is 5.44. The molecule has 1 N–H and O–H groups in total. The lowest BCUT2D eigenvalue weighted by atomic mass is 10.1. The third kappa shape index (κ3) is 3.53. The molecule has 0 aliphatic rings. The third-order valence-corrected chi connectivity index (χ3v) is 4.86. The van der Waals surface area contributed by atoms with Gasteiger partial charge in [0.05, 0.1) is 5.02 Å². The Balaban J connectivity index is 2.19. The zero-order valence-corrected chi connectivity index (χ0v) is 13.6. The van der Waals surface area contributed by atoms with Crippen LogP contribution in [0.2, 0.25) is 10.0 Å². The molecule has 2 unspecified atom stereocenters. The number of thiophene rings is 1. The molecular weight excluding hydrogens is 316 g/mol. The van der Waals surface area contributed by atoms with Crippen molar-refractivity contribution in [3.8, 4) is 0 Å². The van der Waals surface area contributed by atoms with E-state index in [9.17, 15) is 4.39 Å². The second kappa shape index (κ2) is 6.90. The molecule has 0 amide bonds. The number of hydrogen-bond donors (Lipinski definition) is 1. The summed E-state index contributed by atoms with van der Waals surface area (Å²) >= 11 is 13.6. The fourth-order valence-corrected chi connectivity index (χ4v) is 3.57. The van der Waals surface area contributed by atoms with Crippen molar-refractivity contribution < 1.29 is 4.39 Å². The summed E-state index contributed by atoms with van der Waals surface area (Å²) in [7, 11) is 0. The maximum atomic E-state index is 13.6. The molecule has 2 aromatic rings. The highest BCUT2D eigenvalue weighted by atomic mass is 35.5. The lowest BCUT2D eigenvalue weighted by Crippen LogP contribution is -2.24. The lowest BCUT2D eigenvalue weighted by Gasteiger charge is -2.22. The summed E-state index contributed by atoms with van der Waals surface area (Å²) in [5.41, 5.74) is 0.726. The van der Waals surface area contributed by atoms with E-state index in [1.165, 1.54) is 17.0 Å². The first-order chi connectivity index (χ1) is 9.52. The van der Waals surface area contributed by atoms with Gasteiger partial charge in [0.2, 0.25) is 0 Å². The first-order valence-electron chi connectivity index (χ1n) is 6.46. The van der Waals surface area contributed by atoms with E-state index < -0.39 is 5.82 Å². The Hall–Kier alpha value is -0.610. The summed E-state index contributed by atoms with van der Waals surface area (Å²) in [5, 5.41) is 6.08. The van der Waals surface area contributed by atoms with Gasteiger partial charge in [0.1, 0.15) is 5.82 Å². The van der Waals surface area contributed by atoms with Crippen LogP contribution in [0.5, 0.6) is 0 Å². The van der Waals surface area contributed by atoms with Gasteiger partial charge in [-0.1, -0.05) is 36.2 Å². The van der Waals surface area contributed by atoms with Crippen LogP contribution >= 0.6 is 34.5 Å². The van der Waals surface area contributed by atoms with Crippen molar-refractivity contribution in [1.82, 2.24) is 5.32 Å². The van der Waals surface area contributed by atoms with Gasteiger partial charge in [0, 0.05) is 22.0 Å². The molecule has 2 rings (SSSR count). The molecule has 5 heteroatoms. The van der Waals surface area contributed by atoms with Crippen molar-refractivity contribution >= 4 is 34.5 Å². The van der Waals surface area contributed by atoms with Crippen molar-refractivity contribution in [2.45, 2.75) is 32.4 Å². The van der Waals surface area contributed by atoms with E-state index in [2.05, 4.69) is 23.7 Å². The molecule has 1 aromatic heterocycles. The molecule has 20 heavy (non-hydrogen) atoms. The van der Waals surface area contributed by atoms with Crippen molar-refractivity contribution in [2.75, 3.05) is 0 Å². The van der Waals surface area contributed by atoms with Crippen LogP contribution in [0.15, 0.2) is 29.6 Å². The molecule has 0 radical (unpaired) electrons. The first kappa shape index (κ1) is 15.8. The minimum absolute atomic E-state index is 0.0521. The molecule has 108 valence electrons. The molecule has 2 atom stereocenters. The highest BCUT2D eigenvalue weighted by Crippen LogP contribution is 2.31. The Morgan fingerprint density at radius 2 is 2.05 bits per heavy atom. The molecular formula is C15H16Cl2FNS. The van der Waals surface area contributed by atoms with Gasteiger partial charge in [-0.2, -0.15) is 0 Å². The zero-order chi connectivity index (χ0) is 14.7. The third-order valence-electron chi connectivity index (χ3n) is 3.25. The summed E-state index contributed by atoms with van der Waals surface area (Å²) in [4.78, 5) is 1.27. The minimum Gasteiger partial charge on any atom is -0.303 e. The maximum Gasteiger partial charge on any atom is 0.142 e. The topological polar surface area (TPSA) is 12.0 Å². The highest BCUT2D eigenvalue weighted by Gasteiger charge is 2.18. The number of halogens is 3. The van der Waals surface area contributed by atoms with Crippen molar-refractivity contribution in [3.63, 3.8) is 0 Å². The van der Waals surface area contributed by atoms with Crippen LogP contribution in [0.3, 0.4) is 0 Å². The first-order valence-corrected chi connectivity index (χ1v) is 8.10. The predicted molar refractivity (Wildman–Crippen MR) is 85.3 cm³/mol. The lowest BCUT2D eigenvalue weighted by molar-refractivity contribution is 0.460. The molecule has 0 saturated carbocycles. The van der Waals surface area contributed by atoms with Gasteiger partial charge in [-0.15, -0.1) is 11.3 Å². The molecule has 1 nitrogen and oxygen atoms in total. The normalized spacial score (nSPS) is 14.2. The van der Waals surface area contributed by atoms with E-state index in [4.69, 9.17) is 23.2 Å². The summed E-state index contributed by atoms with van der Waals surface area (Å²) < 4.78 is 13.6. The van der Waals surface area contributed by atoms with Crippen LogP contribution < -0.4 is 5.32 Å². The van der Waals surface area contributed by atoms with Gasteiger partial charge < -0.3 is 5.32 Å². The molecule has 0 spiro atoms. The van der Waals surface area contributed by atoms with E-state index in [0.29, 0.717) is 5.02 Å². The average Bonchev–Trinajstić information content (AvgIpc) is 2.93. The van der Waals surface area contributed by atoms with Gasteiger partial charge in [0.15, 0.2) is 0 Å². The summed E-state index contributed by atoms with van der Waals surface area (Å²) in [6, 6.07) is 7.18. The average molecular weight is 332 g/mol. The van der Waals surface area contributed by atoms with Crippen molar-refractivity contribution in [1.29, 1.82) is 0 Å². The van der Waals surface area contributed by atoms with E-state index in [1.54, 1.807) is 11.3 Å². The number of benzene rings is 1. The van der Waals surface area contributed by atoms with E-state index in [0.717, 1.165) is 12.0 Å². The fourth-order valence-electron chi connectivity index (χ4n) is 2.15. The van der Waals surface area contributed by atoms with Gasteiger partial charge in [-0.25, -0.2) is 4.39 Å². The largest absolute Gasteiger partial charge is 0.303 e. The fraction of sp³-hybridized carbons (Fsp3) is 0.333. The molecule has 1 aromatic carbocycles. The van der Waals surface area contributed by atoms with Gasteiger partial charge in [-0.05, 0) is 42.5 Å². The Morgan fingerprint density at radius 1 is 1.30 bits per heavy atom. The quantitative estimate of drug-likeness (QED) is 0.663. The summed E-state index contributed by atoms with van der Waals surface area (Å²) in [6.45, 7) is 4.10. The van der Waals surface area contributed by atoms with Gasteiger partial charge in [0.25, 0.3) is 0 Å². The van der Waals surface area contributed by atoms with Crippen molar-refractivity contribution in [3.05, 3.63) is 55.9 Å². The van der Waals surface area contributed by atoms with Gasteiger partial charge in [-0.3, -0.25) is 0 Å². The van der Waals surface area contributed by atoms with Crippen LogP contribution in [-0.2, 0) is 0 Å². The maximum absolute atomic E-state index is 13.6. The SMILES string of the molecule is CCC(NC(C)c1cc(F)c(Cl)cc1Cl)c1cccs1. The number of rotatable bonds is 5.